The van der Waals surface area contributed by atoms with Crippen LogP contribution in [0.15, 0.2) is 30.5 Å². The fourth-order valence-corrected chi connectivity index (χ4v) is 6.90. The average molecular weight is 512 g/mol. The second-order valence-corrected chi connectivity index (χ2v) is 12.8. The molecular formula is C24H29N7O2S2. The van der Waals surface area contributed by atoms with Crippen LogP contribution in [0.25, 0.3) is 32.5 Å². The molecule has 2 fully saturated rings. The number of fused-ring (bicyclic) bond motifs is 2. The summed E-state index contributed by atoms with van der Waals surface area (Å²) in [5.74, 6) is 5.54. The van der Waals surface area contributed by atoms with E-state index in [0.717, 1.165) is 84.1 Å². The predicted octanol–water partition coefficient (Wildman–Crippen LogP) is 2.45. The van der Waals surface area contributed by atoms with Crippen molar-refractivity contribution >= 4 is 53.9 Å². The summed E-state index contributed by atoms with van der Waals surface area (Å²) in [5, 5.41) is 8.28. The minimum atomic E-state index is -2.13. The topological polar surface area (TPSA) is 90.5 Å². The SMILES string of the molecule is C=S(C)(=O)N1CCN(Cc2cc3nc(-c4cccc5[nH]ncc45)nc(N4CCOCC4)c3s2)CC1. The molecule has 2 aliphatic rings. The van der Waals surface area contributed by atoms with Gasteiger partial charge in [0.15, 0.2) is 11.6 Å². The van der Waals surface area contributed by atoms with Crippen LogP contribution in [0, 0.1) is 0 Å². The van der Waals surface area contributed by atoms with E-state index in [2.05, 4.69) is 38.0 Å². The van der Waals surface area contributed by atoms with E-state index in [-0.39, 0.29) is 0 Å². The number of anilines is 1. The highest BCUT2D eigenvalue weighted by Crippen LogP contribution is 2.36. The number of morpholine rings is 1. The molecule has 0 radical (unpaired) electrons. The van der Waals surface area contributed by atoms with E-state index in [1.165, 1.54) is 4.88 Å². The van der Waals surface area contributed by atoms with Gasteiger partial charge in [-0.15, -0.1) is 11.3 Å². The Bertz CT molecular complexity index is 1470. The number of H-pyrrole nitrogens is 1. The number of nitrogens with one attached hydrogen (secondary N) is 1. The van der Waals surface area contributed by atoms with Crippen LogP contribution in [0.4, 0.5) is 5.82 Å². The predicted molar refractivity (Wildman–Crippen MR) is 144 cm³/mol. The maximum atomic E-state index is 12.3. The molecule has 5 heterocycles. The van der Waals surface area contributed by atoms with Crippen LogP contribution in [-0.2, 0) is 21.0 Å². The Morgan fingerprint density at radius 1 is 1.14 bits per heavy atom. The molecule has 4 aromatic rings. The normalized spacial score (nSPS) is 20.0. The lowest BCUT2D eigenvalue weighted by atomic mass is 10.1. The fraction of sp³-hybridized carbons (Fsp3) is 0.417. The summed E-state index contributed by atoms with van der Waals surface area (Å²) < 4.78 is 21.0. The molecule has 0 saturated carbocycles. The molecule has 1 aromatic carbocycles. The zero-order chi connectivity index (χ0) is 24.0. The Labute approximate surface area is 208 Å². The number of aromatic amines is 1. The Kier molecular flexibility index (Phi) is 5.97. The second-order valence-electron chi connectivity index (χ2n) is 9.20. The molecule has 35 heavy (non-hydrogen) atoms. The quantitative estimate of drug-likeness (QED) is 0.412. The highest BCUT2D eigenvalue weighted by Gasteiger charge is 2.24. The number of aromatic nitrogens is 4. The largest absolute Gasteiger partial charge is 0.378 e. The highest BCUT2D eigenvalue weighted by molar-refractivity contribution is 7.97. The number of nitrogens with zero attached hydrogens (tertiary/aromatic N) is 6. The van der Waals surface area contributed by atoms with Gasteiger partial charge in [-0.05, 0) is 18.0 Å². The molecule has 0 amide bonds. The molecule has 11 heteroatoms. The monoisotopic (exact) mass is 511 g/mol. The summed E-state index contributed by atoms with van der Waals surface area (Å²) in [5.41, 5.74) is 2.93. The molecule has 0 spiro atoms. The molecule has 1 unspecified atom stereocenters. The first-order valence-corrected chi connectivity index (χ1v) is 14.7. The molecule has 9 nitrogen and oxygen atoms in total. The molecule has 184 valence electrons. The van der Waals surface area contributed by atoms with E-state index in [4.69, 9.17) is 14.7 Å². The summed E-state index contributed by atoms with van der Waals surface area (Å²) >= 11 is 1.78. The van der Waals surface area contributed by atoms with Crippen LogP contribution in [0.3, 0.4) is 0 Å². The lowest BCUT2D eigenvalue weighted by molar-refractivity contribution is 0.122. The van der Waals surface area contributed by atoms with Crippen molar-refractivity contribution in [1.29, 1.82) is 0 Å². The number of ether oxygens (including phenoxy) is 1. The van der Waals surface area contributed by atoms with Crippen molar-refractivity contribution in [2.24, 2.45) is 0 Å². The summed E-state index contributed by atoms with van der Waals surface area (Å²) in [4.78, 5) is 16.1. The van der Waals surface area contributed by atoms with Gasteiger partial charge in [0.25, 0.3) is 0 Å². The third-order valence-electron chi connectivity index (χ3n) is 6.70. The number of thiophene rings is 1. The van der Waals surface area contributed by atoms with Crippen LogP contribution < -0.4 is 4.90 Å². The second kappa shape index (κ2) is 9.14. The van der Waals surface area contributed by atoms with Crippen LogP contribution in [0.2, 0.25) is 0 Å². The Morgan fingerprint density at radius 2 is 1.94 bits per heavy atom. The Morgan fingerprint density at radius 3 is 2.71 bits per heavy atom. The number of rotatable bonds is 5. The third-order valence-corrected chi connectivity index (χ3v) is 9.26. The van der Waals surface area contributed by atoms with Gasteiger partial charge in [0.2, 0.25) is 0 Å². The fourth-order valence-electron chi connectivity index (χ4n) is 4.81. The van der Waals surface area contributed by atoms with E-state index in [9.17, 15) is 4.21 Å². The first-order valence-electron chi connectivity index (χ1n) is 11.8. The van der Waals surface area contributed by atoms with E-state index in [0.29, 0.717) is 13.2 Å². The zero-order valence-corrected chi connectivity index (χ0v) is 21.4. The number of hydrogen-bond acceptors (Lipinski definition) is 8. The van der Waals surface area contributed by atoms with Gasteiger partial charge in [-0.1, -0.05) is 12.1 Å². The van der Waals surface area contributed by atoms with Crippen molar-refractivity contribution in [2.75, 3.05) is 63.6 Å². The Balaban J connectivity index is 1.36. The van der Waals surface area contributed by atoms with Crippen molar-refractivity contribution in [3.63, 3.8) is 0 Å². The zero-order valence-electron chi connectivity index (χ0n) is 19.8. The molecule has 2 saturated heterocycles. The number of benzene rings is 1. The molecule has 2 aliphatic heterocycles. The van der Waals surface area contributed by atoms with E-state index in [1.54, 1.807) is 17.6 Å². The summed E-state index contributed by atoms with van der Waals surface area (Å²) in [6, 6.07) is 8.29. The van der Waals surface area contributed by atoms with Gasteiger partial charge >= 0.3 is 0 Å². The number of piperazine rings is 1. The molecule has 1 atom stereocenters. The lowest BCUT2D eigenvalue weighted by Gasteiger charge is -2.34. The van der Waals surface area contributed by atoms with Crippen molar-refractivity contribution in [1.82, 2.24) is 29.4 Å². The highest BCUT2D eigenvalue weighted by atomic mass is 32.2. The minimum Gasteiger partial charge on any atom is -0.378 e. The molecule has 1 N–H and O–H groups in total. The molecule has 0 bridgehead atoms. The first kappa shape index (κ1) is 22.9. The van der Waals surface area contributed by atoms with Gasteiger partial charge in [-0.2, -0.15) is 5.10 Å². The van der Waals surface area contributed by atoms with Crippen molar-refractivity contribution in [2.45, 2.75) is 6.54 Å². The van der Waals surface area contributed by atoms with Gasteiger partial charge in [-0.3, -0.25) is 14.2 Å². The summed E-state index contributed by atoms with van der Waals surface area (Å²) in [7, 11) is -2.13. The molecule has 6 rings (SSSR count). The van der Waals surface area contributed by atoms with E-state index < -0.39 is 9.71 Å². The van der Waals surface area contributed by atoms with Crippen LogP contribution in [-0.4, -0.2) is 98.2 Å². The molecule has 0 aliphatic carbocycles. The van der Waals surface area contributed by atoms with Gasteiger partial charge in [0.05, 0.1) is 35.1 Å². The Hall–Kier alpha value is -2.57. The smallest absolute Gasteiger partial charge is 0.162 e. The maximum Gasteiger partial charge on any atom is 0.162 e. The van der Waals surface area contributed by atoms with Gasteiger partial charge in [0.1, 0.15) is 0 Å². The van der Waals surface area contributed by atoms with E-state index >= 15 is 0 Å². The van der Waals surface area contributed by atoms with Gasteiger partial charge in [-0.25, -0.2) is 14.3 Å². The third kappa shape index (κ3) is 4.54. The summed E-state index contributed by atoms with van der Waals surface area (Å²) in [6.45, 7) is 7.21. The van der Waals surface area contributed by atoms with Crippen LogP contribution >= 0.6 is 11.3 Å². The lowest BCUT2D eigenvalue weighted by Crippen LogP contribution is -2.47. The van der Waals surface area contributed by atoms with Crippen molar-refractivity contribution in [3.05, 3.63) is 35.3 Å². The summed E-state index contributed by atoms with van der Waals surface area (Å²) in [6.07, 6.45) is 3.56. The van der Waals surface area contributed by atoms with Crippen LogP contribution in [0.5, 0.6) is 0 Å². The minimum absolute atomic E-state index is 0.702. The first-order chi connectivity index (χ1) is 17.0. The maximum absolute atomic E-state index is 12.3. The molecule has 3 aromatic heterocycles. The van der Waals surface area contributed by atoms with Gasteiger partial charge in [0, 0.05) is 77.6 Å². The van der Waals surface area contributed by atoms with Gasteiger partial charge < -0.3 is 9.64 Å². The van der Waals surface area contributed by atoms with Crippen LogP contribution in [0.1, 0.15) is 4.88 Å². The van der Waals surface area contributed by atoms with Crippen molar-refractivity contribution in [3.8, 4) is 11.4 Å². The average Bonchev–Trinajstić information content (AvgIpc) is 3.50. The van der Waals surface area contributed by atoms with Crippen molar-refractivity contribution < 1.29 is 8.95 Å². The standard InChI is InChI=1S/C24H29N7O2S2/c1-35(2,32)31-8-6-29(7-9-31)16-17-14-21-22(34-17)24(30-10-12-33-13-11-30)27-23(26-21)18-4-3-5-20-19(18)15-25-28-20/h3-5,14-15H,1,6-13,16H2,2H3,(H,25,28). The molecular weight excluding hydrogens is 482 g/mol. The number of hydrogen-bond donors (Lipinski definition) is 1. The van der Waals surface area contributed by atoms with E-state index in [1.807, 2.05) is 22.6 Å².